The highest BCUT2D eigenvalue weighted by molar-refractivity contribution is 6.01. The van der Waals surface area contributed by atoms with Crippen LogP contribution in [0.5, 0.6) is 5.75 Å². The third kappa shape index (κ3) is 2.30. The van der Waals surface area contributed by atoms with Gasteiger partial charge in [0.2, 0.25) is 5.91 Å². The summed E-state index contributed by atoms with van der Waals surface area (Å²) in [6.07, 6.45) is 0.278. The topological polar surface area (TPSA) is 78.4 Å². The molecule has 1 aliphatic heterocycles. The predicted molar refractivity (Wildman–Crippen MR) is 74.5 cm³/mol. The number of hydrogen-bond acceptors (Lipinski definition) is 3. The molecule has 0 radical (unpaired) electrons. The molecule has 102 valence electrons. The zero-order valence-electron chi connectivity index (χ0n) is 10.7. The number of rotatable bonds is 2. The molecule has 1 fully saturated rings. The van der Waals surface area contributed by atoms with Gasteiger partial charge < -0.3 is 15.7 Å². The smallest absolute Gasteiger partial charge is 0.255 e. The second-order valence-corrected chi connectivity index (χ2v) is 4.90. The van der Waals surface area contributed by atoms with Crippen LogP contribution >= 0.6 is 0 Å². The van der Waals surface area contributed by atoms with E-state index in [1.807, 2.05) is 24.3 Å². The van der Waals surface area contributed by atoms with Crippen LogP contribution in [0.15, 0.2) is 36.4 Å². The van der Waals surface area contributed by atoms with Crippen LogP contribution in [0.25, 0.3) is 10.8 Å². The first-order valence-corrected chi connectivity index (χ1v) is 6.43. The van der Waals surface area contributed by atoms with Crippen molar-refractivity contribution in [3.8, 4) is 5.75 Å². The number of nitrogens with one attached hydrogen (secondary N) is 2. The number of fused-ring (bicyclic) bond motifs is 1. The quantitative estimate of drug-likeness (QED) is 0.766. The van der Waals surface area contributed by atoms with Gasteiger partial charge in [-0.15, -0.1) is 0 Å². The molecule has 20 heavy (non-hydrogen) atoms. The van der Waals surface area contributed by atoms with Gasteiger partial charge in [-0.25, -0.2) is 0 Å². The molecule has 2 amide bonds. The normalized spacial score (nSPS) is 18.0. The molecule has 1 saturated heterocycles. The van der Waals surface area contributed by atoms with Crippen LogP contribution in [-0.2, 0) is 4.79 Å². The molecule has 3 N–H and O–H groups in total. The molecule has 5 heteroatoms. The summed E-state index contributed by atoms with van der Waals surface area (Å²) in [5.41, 5.74) is 0.225. The molecule has 0 aromatic heterocycles. The first-order chi connectivity index (χ1) is 9.63. The van der Waals surface area contributed by atoms with Crippen LogP contribution in [0.2, 0.25) is 0 Å². The molecule has 0 saturated carbocycles. The van der Waals surface area contributed by atoms with Gasteiger partial charge in [0.15, 0.2) is 0 Å². The number of benzene rings is 2. The van der Waals surface area contributed by atoms with Crippen molar-refractivity contribution in [1.29, 1.82) is 0 Å². The predicted octanol–water partition coefficient (Wildman–Crippen LogP) is 1.16. The maximum Gasteiger partial charge on any atom is 0.255 e. The molecule has 1 unspecified atom stereocenters. The fourth-order valence-electron chi connectivity index (χ4n) is 2.38. The van der Waals surface area contributed by atoms with E-state index in [-0.39, 0.29) is 35.6 Å². The number of carbonyl (C=O) groups is 2. The Kier molecular flexibility index (Phi) is 3.02. The van der Waals surface area contributed by atoms with Gasteiger partial charge in [0.1, 0.15) is 5.75 Å². The van der Waals surface area contributed by atoms with Crippen LogP contribution in [0.4, 0.5) is 0 Å². The summed E-state index contributed by atoms with van der Waals surface area (Å²) in [6.45, 7) is 0.429. The molecule has 0 bridgehead atoms. The summed E-state index contributed by atoms with van der Waals surface area (Å²) in [6, 6.07) is 10.5. The molecule has 2 aromatic carbocycles. The second-order valence-electron chi connectivity index (χ2n) is 4.90. The lowest BCUT2D eigenvalue weighted by Gasteiger charge is -2.12. The monoisotopic (exact) mass is 270 g/mol. The van der Waals surface area contributed by atoms with Crippen LogP contribution in [0.1, 0.15) is 16.8 Å². The van der Waals surface area contributed by atoms with Crippen molar-refractivity contribution in [3.05, 3.63) is 42.0 Å². The number of amides is 2. The minimum atomic E-state index is -0.366. The van der Waals surface area contributed by atoms with E-state index >= 15 is 0 Å². The standard InChI is InChI=1S/C15H14N2O3/c18-13-6-10-4-2-1-3-9(10)5-12(13)15(20)17-11-7-14(19)16-8-11/h1-6,11,18H,7-8H2,(H,16,19)(H,17,20). The Morgan fingerprint density at radius 2 is 1.95 bits per heavy atom. The highest BCUT2D eigenvalue weighted by atomic mass is 16.3. The maximum absolute atomic E-state index is 12.2. The van der Waals surface area contributed by atoms with Gasteiger partial charge in [-0.3, -0.25) is 9.59 Å². The number of phenols is 1. The summed E-state index contributed by atoms with van der Waals surface area (Å²) in [7, 11) is 0. The van der Waals surface area contributed by atoms with Crippen molar-refractivity contribution >= 4 is 22.6 Å². The van der Waals surface area contributed by atoms with Crippen molar-refractivity contribution in [2.45, 2.75) is 12.5 Å². The fourth-order valence-corrected chi connectivity index (χ4v) is 2.38. The number of phenolic OH excluding ortho intramolecular Hbond substituents is 1. The summed E-state index contributed by atoms with van der Waals surface area (Å²) >= 11 is 0. The van der Waals surface area contributed by atoms with Crippen molar-refractivity contribution < 1.29 is 14.7 Å². The molecule has 5 nitrogen and oxygen atoms in total. The Balaban J connectivity index is 1.87. The Bertz CT molecular complexity index is 697. The van der Waals surface area contributed by atoms with E-state index in [2.05, 4.69) is 10.6 Å². The fraction of sp³-hybridized carbons (Fsp3) is 0.200. The molecule has 1 aliphatic rings. The van der Waals surface area contributed by atoms with Gasteiger partial charge in [0, 0.05) is 13.0 Å². The summed E-state index contributed by atoms with van der Waals surface area (Å²) in [4.78, 5) is 23.3. The number of hydrogen-bond donors (Lipinski definition) is 3. The van der Waals surface area contributed by atoms with Crippen molar-refractivity contribution in [3.63, 3.8) is 0 Å². The molecule has 1 atom stereocenters. The molecule has 1 heterocycles. The van der Waals surface area contributed by atoms with E-state index in [1.54, 1.807) is 12.1 Å². The molecule has 0 aliphatic carbocycles. The highest BCUT2D eigenvalue weighted by Gasteiger charge is 2.24. The Morgan fingerprint density at radius 3 is 2.60 bits per heavy atom. The average molecular weight is 270 g/mol. The Morgan fingerprint density at radius 1 is 1.25 bits per heavy atom. The summed E-state index contributed by atoms with van der Waals surface area (Å²) in [5, 5.41) is 17.1. The van der Waals surface area contributed by atoms with Gasteiger partial charge in [-0.2, -0.15) is 0 Å². The molecule has 2 aromatic rings. The van der Waals surface area contributed by atoms with Crippen LogP contribution in [-0.4, -0.2) is 29.5 Å². The van der Waals surface area contributed by atoms with Gasteiger partial charge in [0.05, 0.1) is 11.6 Å². The molecule has 3 rings (SSSR count). The Hall–Kier alpha value is -2.56. The van der Waals surface area contributed by atoms with Crippen LogP contribution in [0, 0.1) is 0 Å². The van der Waals surface area contributed by atoms with Gasteiger partial charge in [-0.1, -0.05) is 24.3 Å². The van der Waals surface area contributed by atoms with E-state index in [0.29, 0.717) is 6.54 Å². The molecule has 0 spiro atoms. The molecular weight excluding hydrogens is 256 g/mol. The average Bonchev–Trinajstić information content (AvgIpc) is 2.83. The third-order valence-electron chi connectivity index (χ3n) is 3.42. The van der Waals surface area contributed by atoms with E-state index in [1.165, 1.54) is 0 Å². The van der Waals surface area contributed by atoms with Gasteiger partial charge in [-0.05, 0) is 22.9 Å². The maximum atomic E-state index is 12.2. The lowest BCUT2D eigenvalue weighted by molar-refractivity contribution is -0.119. The third-order valence-corrected chi connectivity index (χ3v) is 3.42. The summed E-state index contributed by atoms with van der Waals surface area (Å²) in [5.74, 6) is -0.494. The van der Waals surface area contributed by atoms with E-state index in [4.69, 9.17) is 0 Å². The van der Waals surface area contributed by atoms with Gasteiger partial charge in [0.25, 0.3) is 5.91 Å². The highest BCUT2D eigenvalue weighted by Crippen LogP contribution is 2.25. The lowest BCUT2D eigenvalue weighted by atomic mass is 10.0. The summed E-state index contributed by atoms with van der Waals surface area (Å²) < 4.78 is 0. The van der Waals surface area contributed by atoms with Crippen molar-refractivity contribution in [2.24, 2.45) is 0 Å². The lowest BCUT2D eigenvalue weighted by Crippen LogP contribution is -2.36. The van der Waals surface area contributed by atoms with Crippen molar-refractivity contribution in [1.82, 2.24) is 10.6 Å². The Labute approximate surface area is 115 Å². The SMILES string of the molecule is O=C1CC(NC(=O)c2cc3ccccc3cc2O)CN1. The second kappa shape index (κ2) is 4.85. The number of carbonyl (C=O) groups excluding carboxylic acids is 2. The number of aromatic hydroxyl groups is 1. The first kappa shape index (κ1) is 12.5. The van der Waals surface area contributed by atoms with E-state index < -0.39 is 0 Å². The molecular formula is C15H14N2O3. The van der Waals surface area contributed by atoms with Crippen LogP contribution in [0.3, 0.4) is 0 Å². The van der Waals surface area contributed by atoms with Crippen LogP contribution < -0.4 is 10.6 Å². The minimum Gasteiger partial charge on any atom is -0.507 e. The van der Waals surface area contributed by atoms with Crippen molar-refractivity contribution in [2.75, 3.05) is 6.54 Å². The zero-order chi connectivity index (χ0) is 14.1. The zero-order valence-corrected chi connectivity index (χ0v) is 10.7. The minimum absolute atomic E-state index is 0.0570. The first-order valence-electron chi connectivity index (χ1n) is 6.43. The van der Waals surface area contributed by atoms with Gasteiger partial charge >= 0.3 is 0 Å². The van der Waals surface area contributed by atoms with E-state index in [0.717, 1.165) is 10.8 Å². The largest absolute Gasteiger partial charge is 0.507 e. The van der Waals surface area contributed by atoms with E-state index in [9.17, 15) is 14.7 Å².